The average Bonchev–Trinajstić information content (AvgIpc) is 2.68. The molecule has 0 spiro atoms. The summed E-state index contributed by atoms with van der Waals surface area (Å²) in [7, 11) is 0. The highest BCUT2D eigenvalue weighted by Crippen LogP contribution is 2.22. The van der Waals surface area contributed by atoms with Gasteiger partial charge < -0.3 is 15.0 Å². The van der Waals surface area contributed by atoms with Crippen molar-refractivity contribution in [1.29, 1.82) is 0 Å². The lowest BCUT2D eigenvalue weighted by molar-refractivity contribution is -0.120. The first-order valence-electron chi connectivity index (χ1n) is 8.66. The van der Waals surface area contributed by atoms with E-state index in [0.29, 0.717) is 29.2 Å². The number of hydrogen-bond acceptors (Lipinski definition) is 4. The van der Waals surface area contributed by atoms with Crippen molar-refractivity contribution in [2.24, 2.45) is 0 Å². The molecule has 1 saturated heterocycles. The Morgan fingerprint density at radius 2 is 1.81 bits per heavy atom. The number of amides is 2. The van der Waals surface area contributed by atoms with Gasteiger partial charge in [-0.15, -0.1) is 0 Å². The fourth-order valence-corrected chi connectivity index (χ4v) is 3.00. The number of ether oxygens (including phenoxy) is 1. The Kier molecular flexibility index (Phi) is 6.08. The molecule has 27 heavy (non-hydrogen) atoms. The van der Waals surface area contributed by atoms with Crippen molar-refractivity contribution in [1.82, 2.24) is 0 Å². The molecule has 0 unspecified atom stereocenters. The quantitative estimate of drug-likeness (QED) is 0.796. The number of esters is 1. The van der Waals surface area contributed by atoms with E-state index < -0.39 is 18.5 Å². The molecule has 0 aromatic heterocycles. The molecule has 0 bridgehead atoms. The van der Waals surface area contributed by atoms with Gasteiger partial charge in [0.15, 0.2) is 6.61 Å². The highest BCUT2D eigenvalue weighted by atomic mass is 35.5. The Balaban J connectivity index is 1.54. The maximum Gasteiger partial charge on any atom is 0.338 e. The van der Waals surface area contributed by atoms with Gasteiger partial charge in [-0.3, -0.25) is 9.59 Å². The number of nitrogens with one attached hydrogen (secondary N) is 1. The molecule has 3 rings (SSSR count). The SMILES string of the molecule is O=C(COC(=O)c1ccc(N2CCCCC2=O)cc1)Nc1ccccc1Cl. The number of para-hydroxylation sites is 1. The van der Waals surface area contributed by atoms with Crippen molar-refractivity contribution in [3.8, 4) is 0 Å². The molecule has 6 nitrogen and oxygen atoms in total. The molecule has 140 valence electrons. The van der Waals surface area contributed by atoms with Crippen LogP contribution in [0.25, 0.3) is 0 Å². The molecule has 0 aliphatic carbocycles. The van der Waals surface area contributed by atoms with E-state index >= 15 is 0 Å². The van der Waals surface area contributed by atoms with Crippen molar-refractivity contribution in [3.63, 3.8) is 0 Å². The van der Waals surface area contributed by atoms with Crippen molar-refractivity contribution >= 4 is 40.8 Å². The monoisotopic (exact) mass is 386 g/mol. The van der Waals surface area contributed by atoms with Gasteiger partial charge >= 0.3 is 5.97 Å². The molecular formula is C20H19ClN2O4. The summed E-state index contributed by atoms with van der Waals surface area (Å²) < 4.78 is 5.03. The van der Waals surface area contributed by atoms with Crippen LogP contribution in [0.5, 0.6) is 0 Å². The maximum absolute atomic E-state index is 12.1. The fraction of sp³-hybridized carbons (Fsp3) is 0.250. The number of halogens is 1. The fourth-order valence-electron chi connectivity index (χ4n) is 2.82. The second-order valence-corrected chi connectivity index (χ2v) is 6.56. The molecule has 1 fully saturated rings. The first kappa shape index (κ1) is 18.9. The third-order valence-corrected chi connectivity index (χ3v) is 4.55. The lowest BCUT2D eigenvalue weighted by Gasteiger charge is -2.26. The van der Waals surface area contributed by atoms with Crippen LogP contribution in [-0.2, 0) is 14.3 Å². The number of carbonyl (C=O) groups is 3. The molecule has 0 radical (unpaired) electrons. The maximum atomic E-state index is 12.1. The highest BCUT2D eigenvalue weighted by molar-refractivity contribution is 6.33. The highest BCUT2D eigenvalue weighted by Gasteiger charge is 2.20. The zero-order valence-electron chi connectivity index (χ0n) is 14.6. The van der Waals surface area contributed by atoms with E-state index in [2.05, 4.69) is 5.32 Å². The van der Waals surface area contributed by atoms with Gasteiger partial charge in [-0.25, -0.2) is 4.79 Å². The topological polar surface area (TPSA) is 75.7 Å². The number of hydrogen-bond donors (Lipinski definition) is 1. The molecular weight excluding hydrogens is 368 g/mol. The molecule has 7 heteroatoms. The summed E-state index contributed by atoms with van der Waals surface area (Å²) in [5, 5.41) is 2.98. The molecule has 0 atom stereocenters. The summed E-state index contributed by atoms with van der Waals surface area (Å²) in [5.74, 6) is -0.999. The van der Waals surface area contributed by atoms with Crippen molar-refractivity contribution in [2.45, 2.75) is 19.3 Å². The van der Waals surface area contributed by atoms with E-state index in [1.165, 1.54) is 0 Å². The average molecular weight is 387 g/mol. The van der Waals surface area contributed by atoms with Crippen molar-refractivity contribution in [2.75, 3.05) is 23.4 Å². The van der Waals surface area contributed by atoms with E-state index in [-0.39, 0.29) is 5.91 Å². The van der Waals surface area contributed by atoms with Crippen LogP contribution in [-0.4, -0.2) is 30.9 Å². The van der Waals surface area contributed by atoms with E-state index in [1.807, 2.05) is 0 Å². The molecule has 2 aromatic carbocycles. The molecule has 0 saturated carbocycles. The van der Waals surface area contributed by atoms with E-state index in [1.54, 1.807) is 53.4 Å². The Labute approximate surface area is 162 Å². The number of rotatable bonds is 5. The summed E-state index contributed by atoms with van der Waals surface area (Å²) in [6.07, 6.45) is 2.43. The number of benzene rings is 2. The minimum atomic E-state index is -0.610. The molecule has 1 heterocycles. The molecule has 1 aliphatic rings. The lowest BCUT2D eigenvalue weighted by atomic mass is 10.1. The Hall–Kier alpha value is -2.86. The van der Waals surface area contributed by atoms with E-state index in [4.69, 9.17) is 16.3 Å². The predicted octanol–water partition coefficient (Wildman–Crippen LogP) is 3.65. The first-order chi connectivity index (χ1) is 13.0. The van der Waals surface area contributed by atoms with Crippen LogP contribution in [0, 0.1) is 0 Å². The van der Waals surface area contributed by atoms with Gasteiger partial charge in [0.1, 0.15) is 0 Å². The second-order valence-electron chi connectivity index (χ2n) is 6.15. The minimum absolute atomic E-state index is 0.0906. The van der Waals surface area contributed by atoms with Crippen LogP contribution < -0.4 is 10.2 Å². The zero-order chi connectivity index (χ0) is 19.2. The molecule has 2 amide bonds. The van der Waals surface area contributed by atoms with Gasteiger partial charge in [0, 0.05) is 18.7 Å². The molecule has 1 aliphatic heterocycles. The van der Waals surface area contributed by atoms with Crippen LogP contribution >= 0.6 is 11.6 Å². The summed E-state index contributed by atoms with van der Waals surface area (Å²) in [5.41, 5.74) is 1.53. The summed E-state index contributed by atoms with van der Waals surface area (Å²) in [6.45, 7) is 0.265. The largest absolute Gasteiger partial charge is 0.452 e. The third kappa shape index (κ3) is 4.86. The van der Waals surface area contributed by atoms with Gasteiger partial charge in [0.25, 0.3) is 5.91 Å². The van der Waals surface area contributed by atoms with Gasteiger partial charge in [0.2, 0.25) is 5.91 Å². The standard InChI is InChI=1S/C20H19ClN2O4/c21-16-5-1-2-6-17(16)22-18(24)13-27-20(26)14-8-10-15(11-9-14)23-12-4-3-7-19(23)25/h1-2,5-6,8-11H,3-4,7,12-13H2,(H,22,24). The first-order valence-corrected chi connectivity index (χ1v) is 9.04. The van der Waals surface area contributed by atoms with Crippen LogP contribution in [0.1, 0.15) is 29.6 Å². The predicted molar refractivity (Wildman–Crippen MR) is 103 cm³/mol. The Morgan fingerprint density at radius 3 is 2.52 bits per heavy atom. The Morgan fingerprint density at radius 1 is 1.07 bits per heavy atom. The molecule has 2 aromatic rings. The molecule has 1 N–H and O–H groups in total. The minimum Gasteiger partial charge on any atom is -0.452 e. The van der Waals surface area contributed by atoms with Crippen molar-refractivity contribution in [3.05, 3.63) is 59.1 Å². The number of anilines is 2. The van der Waals surface area contributed by atoms with Gasteiger partial charge in [-0.1, -0.05) is 23.7 Å². The van der Waals surface area contributed by atoms with Crippen LogP contribution in [0.15, 0.2) is 48.5 Å². The number of carbonyl (C=O) groups excluding carboxylic acids is 3. The third-order valence-electron chi connectivity index (χ3n) is 4.22. The Bertz CT molecular complexity index is 851. The van der Waals surface area contributed by atoms with Gasteiger partial charge in [-0.2, -0.15) is 0 Å². The van der Waals surface area contributed by atoms with Gasteiger partial charge in [-0.05, 0) is 49.2 Å². The number of piperidine rings is 1. The number of nitrogens with zero attached hydrogens (tertiary/aromatic N) is 1. The zero-order valence-corrected chi connectivity index (χ0v) is 15.4. The van der Waals surface area contributed by atoms with Gasteiger partial charge in [0.05, 0.1) is 16.3 Å². The second kappa shape index (κ2) is 8.68. The van der Waals surface area contributed by atoms with E-state index in [9.17, 15) is 14.4 Å². The van der Waals surface area contributed by atoms with Crippen LogP contribution in [0.3, 0.4) is 0 Å². The normalized spacial score (nSPS) is 14.0. The van der Waals surface area contributed by atoms with Crippen LogP contribution in [0.4, 0.5) is 11.4 Å². The smallest absolute Gasteiger partial charge is 0.338 e. The van der Waals surface area contributed by atoms with Crippen LogP contribution in [0.2, 0.25) is 5.02 Å². The summed E-state index contributed by atoms with van der Waals surface area (Å²) in [4.78, 5) is 37.7. The van der Waals surface area contributed by atoms with Crippen molar-refractivity contribution < 1.29 is 19.1 Å². The summed E-state index contributed by atoms with van der Waals surface area (Å²) >= 11 is 5.97. The summed E-state index contributed by atoms with van der Waals surface area (Å²) in [6, 6.07) is 13.4. The van der Waals surface area contributed by atoms with E-state index in [0.717, 1.165) is 18.5 Å². The lowest BCUT2D eigenvalue weighted by Crippen LogP contribution is -2.35.